The third-order valence-electron chi connectivity index (χ3n) is 6.47. The summed E-state index contributed by atoms with van der Waals surface area (Å²) in [5.74, 6) is 7.84. The Hall–Kier alpha value is -1.98. The third kappa shape index (κ3) is 7.26. The topological polar surface area (TPSA) is 68.0 Å². The molecule has 2 aromatic heterocycles. The number of fused-ring (bicyclic) bond motifs is 1. The van der Waals surface area contributed by atoms with Gasteiger partial charge in [-0.05, 0) is 13.3 Å². The van der Waals surface area contributed by atoms with E-state index in [1.165, 1.54) is 57.8 Å². The third-order valence-corrected chi connectivity index (χ3v) is 7.58. The lowest BCUT2D eigenvalue weighted by Gasteiger charge is -2.28. The van der Waals surface area contributed by atoms with Crippen LogP contribution >= 0.6 is 11.8 Å². The number of piperazine rings is 1. The van der Waals surface area contributed by atoms with Gasteiger partial charge in [-0.15, -0.1) is 5.92 Å². The summed E-state index contributed by atoms with van der Waals surface area (Å²) in [6.45, 7) is 8.09. The molecule has 0 bridgehead atoms. The van der Waals surface area contributed by atoms with Gasteiger partial charge in [0.25, 0.3) is 5.56 Å². The van der Waals surface area contributed by atoms with Crippen LogP contribution in [0.2, 0.25) is 0 Å². The van der Waals surface area contributed by atoms with E-state index < -0.39 is 0 Å². The molecule has 0 aromatic carbocycles. The van der Waals surface area contributed by atoms with Gasteiger partial charge < -0.3 is 10.2 Å². The van der Waals surface area contributed by atoms with Crippen molar-refractivity contribution >= 4 is 28.9 Å². The molecule has 0 radical (unpaired) electrons. The number of hydrogen-bond donors (Lipinski definition) is 1. The first-order valence-electron chi connectivity index (χ1n) is 13.1. The van der Waals surface area contributed by atoms with Gasteiger partial charge >= 0.3 is 0 Å². The second-order valence-corrected chi connectivity index (χ2v) is 10.2. The number of nitrogens with zero attached hydrogens (tertiary/aromatic N) is 5. The van der Waals surface area contributed by atoms with Crippen molar-refractivity contribution < 1.29 is 0 Å². The number of nitrogens with one attached hydrogen (secondary N) is 1. The lowest BCUT2D eigenvalue weighted by molar-refractivity contribution is 0.563. The van der Waals surface area contributed by atoms with Crippen LogP contribution in [0, 0.1) is 11.8 Å². The molecule has 3 heterocycles. The quantitative estimate of drug-likeness (QED) is 0.183. The fourth-order valence-corrected chi connectivity index (χ4v) is 5.38. The van der Waals surface area contributed by atoms with Crippen molar-refractivity contribution in [2.45, 2.75) is 89.8 Å². The van der Waals surface area contributed by atoms with Crippen LogP contribution in [-0.4, -0.2) is 51.0 Å². The van der Waals surface area contributed by atoms with E-state index in [1.807, 2.05) is 18.5 Å². The van der Waals surface area contributed by atoms with Crippen molar-refractivity contribution in [3.05, 3.63) is 10.4 Å². The number of aromatic nitrogens is 4. The fourth-order valence-electron chi connectivity index (χ4n) is 4.43. The molecule has 0 unspecified atom stereocenters. The first kappa shape index (κ1) is 26.6. The Bertz CT molecular complexity index is 1010. The molecule has 34 heavy (non-hydrogen) atoms. The molecular formula is C26H42N6OS. The van der Waals surface area contributed by atoms with Crippen LogP contribution in [0.1, 0.15) is 78.1 Å². The smallest absolute Gasteiger partial charge is 0.280 e. The summed E-state index contributed by atoms with van der Waals surface area (Å²) in [5.41, 5.74) is 1.06. The van der Waals surface area contributed by atoms with E-state index in [-0.39, 0.29) is 5.56 Å². The van der Waals surface area contributed by atoms with Gasteiger partial charge in [0.1, 0.15) is 0 Å². The molecule has 0 amide bonds. The van der Waals surface area contributed by atoms with Gasteiger partial charge in [-0.1, -0.05) is 82.4 Å². The minimum atomic E-state index is -0.0395. The molecule has 0 saturated carbocycles. The molecule has 188 valence electrons. The predicted octanol–water partition coefficient (Wildman–Crippen LogP) is 4.58. The van der Waals surface area contributed by atoms with Gasteiger partial charge in [0.15, 0.2) is 16.3 Å². The molecule has 1 saturated heterocycles. The second-order valence-electron chi connectivity index (χ2n) is 9.12. The lowest BCUT2D eigenvalue weighted by Crippen LogP contribution is -2.44. The Morgan fingerprint density at radius 2 is 1.62 bits per heavy atom. The van der Waals surface area contributed by atoms with E-state index in [2.05, 4.69) is 29.0 Å². The summed E-state index contributed by atoms with van der Waals surface area (Å²) in [7, 11) is 1.82. The Morgan fingerprint density at radius 1 is 0.971 bits per heavy atom. The molecule has 1 fully saturated rings. The van der Waals surface area contributed by atoms with Gasteiger partial charge in [0.2, 0.25) is 5.95 Å². The van der Waals surface area contributed by atoms with Gasteiger partial charge in [-0.25, -0.2) is 4.98 Å². The summed E-state index contributed by atoms with van der Waals surface area (Å²) in [6, 6.07) is 0. The van der Waals surface area contributed by atoms with E-state index in [1.54, 1.807) is 16.3 Å². The largest absolute Gasteiger partial charge is 0.340 e. The maximum absolute atomic E-state index is 13.3. The molecule has 7 nitrogen and oxygen atoms in total. The van der Waals surface area contributed by atoms with E-state index in [9.17, 15) is 4.79 Å². The van der Waals surface area contributed by atoms with Crippen molar-refractivity contribution in [2.75, 3.05) is 36.8 Å². The minimum absolute atomic E-state index is 0.0395. The molecule has 0 aliphatic carbocycles. The number of unbranched alkanes of at least 4 members (excludes halogenated alkanes) is 9. The molecule has 1 aliphatic rings. The van der Waals surface area contributed by atoms with Crippen molar-refractivity contribution in [1.82, 2.24) is 24.4 Å². The van der Waals surface area contributed by atoms with E-state index in [0.717, 1.165) is 49.5 Å². The molecule has 1 N–H and O–H groups in total. The monoisotopic (exact) mass is 486 g/mol. The highest BCUT2D eigenvalue weighted by atomic mass is 32.2. The molecule has 1 aliphatic heterocycles. The maximum Gasteiger partial charge on any atom is 0.280 e. The number of thioether (sulfide) groups is 1. The van der Waals surface area contributed by atoms with Crippen molar-refractivity contribution in [2.24, 2.45) is 7.05 Å². The van der Waals surface area contributed by atoms with Crippen molar-refractivity contribution in [3.8, 4) is 11.8 Å². The van der Waals surface area contributed by atoms with Crippen LogP contribution in [0.4, 0.5) is 5.95 Å². The normalized spacial score (nSPS) is 13.9. The van der Waals surface area contributed by atoms with Gasteiger partial charge in [0.05, 0.1) is 6.54 Å². The van der Waals surface area contributed by atoms with Gasteiger partial charge in [0, 0.05) is 39.0 Å². The predicted molar refractivity (Wildman–Crippen MR) is 144 cm³/mol. The Kier molecular flexibility index (Phi) is 11.3. The molecule has 8 heteroatoms. The highest BCUT2D eigenvalue weighted by Gasteiger charge is 2.22. The average molecular weight is 487 g/mol. The lowest BCUT2D eigenvalue weighted by atomic mass is 10.1. The van der Waals surface area contributed by atoms with Crippen LogP contribution in [0.15, 0.2) is 9.95 Å². The highest BCUT2D eigenvalue weighted by molar-refractivity contribution is 7.99. The number of imidazole rings is 1. The zero-order valence-corrected chi connectivity index (χ0v) is 22.2. The Balaban J connectivity index is 1.59. The second kappa shape index (κ2) is 14.4. The molecular weight excluding hydrogens is 444 g/mol. The van der Waals surface area contributed by atoms with Crippen LogP contribution in [0.5, 0.6) is 0 Å². The first-order valence-corrected chi connectivity index (χ1v) is 14.1. The minimum Gasteiger partial charge on any atom is -0.340 e. The maximum atomic E-state index is 13.3. The fraction of sp³-hybridized carbons (Fsp3) is 0.731. The van der Waals surface area contributed by atoms with E-state index in [4.69, 9.17) is 9.97 Å². The number of anilines is 1. The number of rotatable bonds is 14. The summed E-state index contributed by atoms with van der Waals surface area (Å²) in [4.78, 5) is 25.1. The van der Waals surface area contributed by atoms with Crippen molar-refractivity contribution in [3.63, 3.8) is 0 Å². The summed E-state index contributed by atoms with van der Waals surface area (Å²) in [6.07, 6.45) is 13.3. The standard InChI is InChI=1S/C26H42N6OS/c1-4-6-8-9-10-11-12-13-14-15-21-34-26-29-23-22(24(33)30(26)3)32(18-7-5-2)25(28-23)31-19-16-27-17-20-31/h27H,4,6,8-21H2,1-3H3. The molecule has 3 rings (SSSR count). The first-order chi connectivity index (χ1) is 16.7. The Morgan fingerprint density at radius 3 is 2.26 bits per heavy atom. The highest BCUT2D eigenvalue weighted by Crippen LogP contribution is 2.23. The van der Waals surface area contributed by atoms with E-state index >= 15 is 0 Å². The van der Waals surface area contributed by atoms with Crippen LogP contribution in [0.3, 0.4) is 0 Å². The zero-order valence-electron chi connectivity index (χ0n) is 21.4. The van der Waals surface area contributed by atoms with Crippen LogP contribution in [-0.2, 0) is 13.6 Å². The Labute approximate surface area is 209 Å². The zero-order chi connectivity index (χ0) is 24.2. The molecule has 2 aromatic rings. The summed E-state index contributed by atoms with van der Waals surface area (Å²) >= 11 is 1.67. The molecule has 0 atom stereocenters. The summed E-state index contributed by atoms with van der Waals surface area (Å²) in [5, 5.41) is 4.13. The van der Waals surface area contributed by atoms with Crippen LogP contribution < -0.4 is 15.8 Å². The van der Waals surface area contributed by atoms with E-state index in [0.29, 0.717) is 17.7 Å². The van der Waals surface area contributed by atoms with Gasteiger partial charge in [-0.3, -0.25) is 13.9 Å². The average Bonchev–Trinajstić information content (AvgIpc) is 3.23. The van der Waals surface area contributed by atoms with Crippen LogP contribution in [0.25, 0.3) is 11.2 Å². The molecule has 0 spiro atoms. The van der Waals surface area contributed by atoms with Crippen molar-refractivity contribution in [1.29, 1.82) is 0 Å². The summed E-state index contributed by atoms with van der Waals surface area (Å²) < 4.78 is 3.63. The number of hydrogen-bond acceptors (Lipinski definition) is 6. The van der Waals surface area contributed by atoms with Gasteiger partial charge in [-0.2, -0.15) is 4.98 Å². The SMILES string of the molecule is CC#CCn1c(N2CCNCC2)nc2nc(SCCCCCCCCCCCC)n(C)c(=O)c21.